The molecule has 0 aliphatic carbocycles. The summed E-state index contributed by atoms with van der Waals surface area (Å²) < 4.78 is 88.7. The highest BCUT2D eigenvalue weighted by Crippen LogP contribution is 2.53. The van der Waals surface area contributed by atoms with E-state index in [1.54, 1.807) is 0 Å². The zero-order valence-corrected chi connectivity index (χ0v) is 9.86. The minimum atomic E-state index is -6.16. The molecule has 0 fully saturated rings. The van der Waals surface area contributed by atoms with E-state index in [9.17, 15) is 35.5 Å². The Bertz CT molecular complexity index is 492. The van der Waals surface area contributed by atoms with Crippen LogP contribution in [0.4, 0.5) is 36.4 Å². The van der Waals surface area contributed by atoms with Crippen LogP contribution in [0.1, 0.15) is 11.1 Å². The highest BCUT2D eigenvalue weighted by atomic mass is 19.4. The number of benzene rings is 1. The summed E-state index contributed by atoms with van der Waals surface area (Å²) in [7, 11) is 0. The van der Waals surface area contributed by atoms with E-state index in [0.717, 1.165) is 13.0 Å². The molecule has 1 aromatic carbocycles. The maximum absolute atomic E-state index is 13.7. The van der Waals surface area contributed by atoms with Gasteiger partial charge in [-0.1, -0.05) is 12.1 Å². The van der Waals surface area contributed by atoms with Crippen molar-refractivity contribution in [3.8, 4) is 0 Å². The van der Waals surface area contributed by atoms with Crippen LogP contribution in [0.15, 0.2) is 18.2 Å². The highest BCUT2D eigenvalue weighted by Gasteiger charge is 2.73. The molecule has 20 heavy (non-hydrogen) atoms. The summed E-state index contributed by atoms with van der Waals surface area (Å²) in [4.78, 5) is 10.2. The van der Waals surface area contributed by atoms with Crippen molar-refractivity contribution >= 4 is 12.1 Å². The number of carbonyl (C=O) groups excluding carboxylic acids is 1. The van der Waals surface area contributed by atoms with Gasteiger partial charge in [0.05, 0.1) is 0 Å². The van der Waals surface area contributed by atoms with E-state index in [0.29, 0.717) is 12.1 Å². The number of carbonyl (C=O) groups is 1. The lowest BCUT2D eigenvalue weighted by Crippen LogP contribution is -2.50. The molecule has 1 rings (SSSR count). The SMILES string of the molecule is Cc1cc(C(F)(C(F)(F)F)C(F)(F)F)ccc1NC=O. The molecule has 0 radical (unpaired) electrons. The Balaban J connectivity index is 3.45. The largest absolute Gasteiger partial charge is 0.435 e. The van der Waals surface area contributed by atoms with E-state index in [4.69, 9.17) is 0 Å². The van der Waals surface area contributed by atoms with Crippen molar-refractivity contribution < 1.29 is 35.5 Å². The predicted octanol–water partition coefficient (Wildman–Crippen LogP) is 3.85. The summed E-state index contributed by atoms with van der Waals surface area (Å²) in [6.07, 6.45) is -12.1. The fraction of sp³-hybridized carbons (Fsp3) is 0.364. The molecule has 1 aromatic rings. The van der Waals surface area contributed by atoms with Crippen LogP contribution in [-0.2, 0) is 10.5 Å². The van der Waals surface area contributed by atoms with Gasteiger partial charge in [-0.15, -0.1) is 0 Å². The number of halogens is 7. The lowest BCUT2D eigenvalue weighted by atomic mass is 9.92. The number of hydrogen-bond donors (Lipinski definition) is 1. The third kappa shape index (κ3) is 2.56. The first kappa shape index (κ1) is 16.3. The average molecular weight is 303 g/mol. The van der Waals surface area contributed by atoms with Gasteiger partial charge in [0, 0.05) is 11.3 Å². The fourth-order valence-electron chi connectivity index (χ4n) is 1.59. The van der Waals surface area contributed by atoms with Gasteiger partial charge in [-0.3, -0.25) is 4.79 Å². The van der Waals surface area contributed by atoms with Crippen LogP contribution in [0.5, 0.6) is 0 Å². The van der Waals surface area contributed by atoms with Crippen molar-refractivity contribution in [3.63, 3.8) is 0 Å². The van der Waals surface area contributed by atoms with Crippen LogP contribution in [-0.4, -0.2) is 18.8 Å². The van der Waals surface area contributed by atoms with Gasteiger partial charge in [0.2, 0.25) is 6.41 Å². The normalized spacial score (nSPS) is 13.2. The minimum absolute atomic E-state index is 0.0181. The summed E-state index contributed by atoms with van der Waals surface area (Å²) in [5.41, 5.74) is -7.21. The van der Waals surface area contributed by atoms with E-state index in [2.05, 4.69) is 5.32 Å². The van der Waals surface area contributed by atoms with Gasteiger partial charge >= 0.3 is 18.0 Å². The quantitative estimate of drug-likeness (QED) is 0.667. The van der Waals surface area contributed by atoms with E-state index in [-0.39, 0.29) is 17.7 Å². The second kappa shape index (κ2) is 4.95. The molecule has 2 nitrogen and oxygen atoms in total. The van der Waals surface area contributed by atoms with Crippen molar-refractivity contribution in [2.24, 2.45) is 0 Å². The smallest absolute Gasteiger partial charge is 0.328 e. The van der Waals surface area contributed by atoms with Gasteiger partial charge in [-0.05, 0) is 18.6 Å². The molecule has 0 saturated heterocycles. The highest BCUT2D eigenvalue weighted by molar-refractivity contribution is 5.73. The fourth-order valence-corrected chi connectivity index (χ4v) is 1.59. The van der Waals surface area contributed by atoms with E-state index in [1.807, 2.05) is 0 Å². The zero-order valence-electron chi connectivity index (χ0n) is 9.86. The van der Waals surface area contributed by atoms with Crippen LogP contribution >= 0.6 is 0 Å². The van der Waals surface area contributed by atoms with Crippen LogP contribution in [0, 0.1) is 6.92 Å². The number of alkyl halides is 7. The molecule has 0 atom stereocenters. The van der Waals surface area contributed by atoms with Crippen molar-refractivity contribution in [1.82, 2.24) is 0 Å². The van der Waals surface area contributed by atoms with Crippen molar-refractivity contribution in [3.05, 3.63) is 29.3 Å². The molecule has 0 spiro atoms. The van der Waals surface area contributed by atoms with E-state index < -0.39 is 23.6 Å². The van der Waals surface area contributed by atoms with Gasteiger partial charge in [0.1, 0.15) is 0 Å². The molecule has 0 bridgehead atoms. The van der Waals surface area contributed by atoms with Crippen molar-refractivity contribution in [2.45, 2.75) is 24.9 Å². The Kier molecular flexibility index (Phi) is 4.02. The Labute approximate surface area is 108 Å². The molecule has 0 aromatic heterocycles. The average Bonchev–Trinajstić information content (AvgIpc) is 2.28. The molecule has 0 saturated carbocycles. The summed E-state index contributed by atoms with van der Waals surface area (Å²) in [5, 5.41) is 2.07. The standard InChI is InChI=1S/C11H8F7NO/c1-6-4-7(2-3-8(6)19-5-20)9(12,10(13,14)15)11(16,17)18/h2-5H,1H3,(H,19,20). The van der Waals surface area contributed by atoms with Gasteiger partial charge in [-0.2, -0.15) is 26.3 Å². The van der Waals surface area contributed by atoms with Gasteiger partial charge in [-0.25, -0.2) is 4.39 Å². The van der Waals surface area contributed by atoms with Crippen LogP contribution in [0.25, 0.3) is 0 Å². The Morgan fingerprint density at radius 2 is 1.50 bits per heavy atom. The molecule has 1 N–H and O–H groups in total. The maximum Gasteiger partial charge on any atom is 0.435 e. The first-order chi connectivity index (χ1) is 8.95. The lowest BCUT2D eigenvalue weighted by molar-refractivity contribution is -0.348. The van der Waals surface area contributed by atoms with Gasteiger partial charge in [0.15, 0.2) is 0 Å². The number of nitrogens with one attached hydrogen (secondary N) is 1. The van der Waals surface area contributed by atoms with Crippen LogP contribution in [0.2, 0.25) is 0 Å². The van der Waals surface area contributed by atoms with E-state index in [1.165, 1.54) is 0 Å². The van der Waals surface area contributed by atoms with E-state index >= 15 is 0 Å². The molecule has 0 heterocycles. The molecular weight excluding hydrogens is 295 g/mol. The summed E-state index contributed by atoms with van der Waals surface area (Å²) >= 11 is 0. The number of anilines is 1. The molecular formula is C11H8F7NO. The Hall–Kier alpha value is -1.80. The predicted molar refractivity (Wildman–Crippen MR) is 55.8 cm³/mol. The van der Waals surface area contributed by atoms with Crippen LogP contribution < -0.4 is 5.32 Å². The molecule has 0 aliphatic rings. The monoisotopic (exact) mass is 303 g/mol. The summed E-state index contributed by atoms with van der Waals surface area (Å²) in [5.74, 6) is 0. The number of aryl methyl sites for hydroxylation is 1. The molecule has 112 valence electrons. The van der Waals surface area contributed by atoms with Crippen molar-refractivity contribution in [1.29, 1.82) is 0 Å². The molecule has 0 aliphatic heterocycles. The second-order valence-corrected chi connectivity index (χ2v) is 3.95. The third-order valence-corrected chi connectivity index (χ3v) is 2.62. The molecule has 1 amide bonds. The van der Waals surface area contributed by atoms with Crippen LogP contribution in [0.3, 0.4) is 0 Å². The first-order valence-corrected chi connectivity index (χ1v) is 5.09. The van der Waals surface area contributed by atoms with Crippen molar-refractivity contribution in [2.75, 3.05) is 5.32 Å². The Morgan fingerprint density at radius 3 is 1.85 bits per heavy atom. The molecule has 0 unspecified atom stereocenters. The van der Waals surface area contributed by atoms with Gasteiger partial charge in [0.25, 0.3) is 0 Å². The number of rotatable bonds is 3. The van der Waals surface area contributed by atoms with Gasteiger partial charge < -0.3 is 5.32 Å². The molecule has 9 heteroatoms. The number of amides is 1. The number of hydrogen-bond acceptors (Lipinski definition) is 1. The summed E-state index contributed by atoms with van der Waals surface area (Å²) in [6, 6.07) is 1.50. The summed E-state index contributed by atoms with van der Waals surface area (Å²) in [6.45, 7) is 1.14. The second-order valence-electron chi connectivity index (χ2n) is 3.95. The lowest BCUT2D eigenvalue weighted by Gasteiger charge is -2.30. The topological polar surface area (TPSA) is 29.1 Å². The third-order valence-electron chi connectivity index (χ3n) is 2.62. The maximum atomic E-state index is 13.7. The minimum Gasteiger partial charge on any atom is -0.328 e. The first-order valence-electron chi connectivity index (χ1n) is 5.09. The zero-order chi connectivity index (χ0) is 15.8. The Morgan fingerprint density at radius 1 is 1.00 bits per heavy atom.